The summed E-state index contributed by atoms with van der Waals surface area (Å²) >= 11 is 12.0. The molecule has 3 heteroatoms. The van der Waals surface area contributed by atoms with E-state index in [0.717, 1.165) is 10.7 Å². The van der Waals surface area contributed by atoms with Crippen molar-refractivity contribution in [1.82, 2.24) is 0 Å². The highest BCUT2D eigenvalue weighted by Crippen LogP contribution is 2.02. The first kappa shape index (κ1) is 7.25. The molecule has 0 unspecified atom stereocenters. The van der Waals surface area contributed by atoms with Gasteiger partial charge in [-0.15, -0.1) is 11.6 Å². The Morgan fingerprint density at radius 2 is 1.67 bits per heavy atom. The first-order valence-electron chi connectivity index (χ1n) is 1.57. The molecule has 0 aliphatic rings. The molecule has 0 aliphatic carbocycles. The van der Waals surface area contributed by atoms with Gasteiger partial charge < -0.3 is 0 Å². The molecule has 0 radical (unpaired) electrons. The monoisotopic (exact) mass is 234 g/mol. The fourth-order valence-electron chi connectivity index (χ4n) is 0.0412. The van der Waals surface area contributed by atoms with Crippen molar-refractivity contribution < 1.29 is 0 Å². The smallest absolute Gasteiger partial charge is 0.0529 e. The molecule has 0 rings (SSSR count). The third-order valence-electron chi connectivity index (χ3n) is 0.335. The average Bonchev–Trinajstić information content (AvgIpc) is 1.65. The van der Waals surface area contributed by atoms with Gasteiger partial charge in [-0.05, 0) is 0 Å². The number of rotatable bonds is 2. The highest BCUT2D eigenvalue weighted by Gasteiger charge is 1.94. The molecule has 0 N–H and O–H groups in total. The fraction of sp³-hybridized carbons (Fsp3) is 1.00. The van der Waals surface area contributed by atoms with Crippen molar-refractivity contribution in [3.05, 3.63) is 0 Å². The molecule has 0 nitrogen and oxygen atoms in total. The quantitative estimate of drug-likeness (QED) is 0.646. The van der Waals surface area contributed by atoms with Crippen molar-refractivity contribution >= 4 is 43.5 Å². The highest BCUT2D eigenvalue weighted by molar-refractivity contribution is 9.09. The molecule has 38 valence electrons. The molecule has 0 aromatic heterocycles. The predicted octanol–water partition coefficient (Wildman–Crippen LogP) is 2.38. The van der Waals surface area contributed by atoms with Crippen LogP contribution in [0.25, 0.3) is 0 Å². The molecule has 0 spiro atoms. The Hall–Kier alpha value is 1.25. The van der Waals surface area contributed by atoms with Crippen molar-refractivity contribution in [2.45, 2.75) is 5.38 Å². The Bertz CT molecular complexity index is 28.0. The van der Waals surface area contributed by atoms with Crippen molar-refractivity contribution in [2.75, 3.05) is 10.7 Å². The maximum Gasteiger partial charge on any atom is 0.0529 e. The van der Waals surface area contributed by atoms with Gasteiger partial charge in [0.15, 0.2) is 0 Å². The van der Waals surface area contributed by atoms with Crippen LogP contribution < -0.4 is 0 Å². The zero-order valence-electron chi connectivity index (χ0n) is 3.13. The molecule has 0 aromatic rings. The first-order valence-corrected chi connectivity index (χ1v) is 4.25. The lowest BCUT2D eigenvalue weighted by molar-refractivity contribution is 1.16. The molecule has 0 amide bonds. The molecular weight excluding hydrogens is 231 g/mol. The number of halogens is 3. The van der Waals surface area contributed by atoms with Gasteiger partial charge in [0.05, 0.1) is 5.38 Å². The lowest BCUT2D eigenvalue weighted by Crippen LogP contribution is -1.98. The molecule has 0 atom stereocenters. The summed E-state index contributed by atoms with van der Waals surface area (Å²) in [5.74, 6) is 0. The van der Waals surface area contributed by atoms with Gasteiger partial charge in [-0.1, -0.05) is 31.9 Å². The minimum atomic E-state index is 0.241. The Morgan fingerprint density at radius 1 is 1.33 bits per heavy atom. The number of alkyl halides is 3. The Balaban J connectivity index is 2.75. The second-order valence-corrected chi connectivity index (χ2v) is 2.82. The van der Waals surface area contributed by atoms with Gasteiger partial charge in [0.1, 0.15) is 0 Å². The van der Waals surface area contributed by atoms with E-state index in [1.807, 2.05) is 0 Å². The second kappa shape index (κ2) is 4.41. The summed E-state index contributed by atoms with van der Waals surface area (Å²) < 4.78 is 0. The zero-order valence-corrected chi connectivity index (χ0v) is 7.05. The van der Waals surface area contributed by atoms with Gasteiger partial charge in [0, 0.05) is 10.7 Å². The molecule has 0 heterocycles. The van der Waals surface area contributed by atoms with E-state index in [2.05, 4.69) is 31.9 Å². The molecule has 0 aromatic carbocycles. The summed E-state index contributed by atoms with van der Waals surface area (Å²) in [4.78, 5) is 0. The lowest BCUT2D eigenvalue weighted by Gasteiger charge is -1.93. The van der Waals surface area contributed by atoms with Crippen LogP contribution in [0.4, 0.5) is 0 Å². The van der Waals surface area contributed by atoms with Crippen LogP contribution in [0, 0.1) is 0 Å². The summed E-state index contributed by atoms with van der Waals surface area (Å²) in [7, 11) is 0. The van der Waals surface area contributed by atoms with Crippen LogP contribution >= 0.6 is 43.5 Å². The van der Waals surface area contributed by atoms with Gasteiger partial charge in [0.2, 0.25) is 0 Å². The maximum absolute atomic E-state index is 5.56. The van der Waals surface area contributed by atoms with Gasteiger partial charge in [-0.25, -0.2) is 0 Å². The molecule has 0 aliphatic heterocycles. The van der Waals surface area contributed by atoms with Crippen LogP contribution in [-0.4, -0.2) is 16.0 Å². The van der Waals surface area contributed by atoms with Crippen LogP contribution in [0.2, 0.25) is 0 Å². The minimum Gasteiger partial charge on any atom is -0.121 e. The minimum absolute atomic E-state index is 0.241. The third-order valence-corrected chi connectivity index (χ3v) is 2.95. The largest absolute Gasteiger partial charge is 0.121 e. The van der Waals surface area contributed by atoms with E-state index in [4.69, 9.17) is 11.6 Å². The molecule has 0 saturated carbocycles. The van der Waals surface area contributed by atoms with Gasteiger partial charge in [-0.3, -0.25) is 0 Å². The predicted molar refractivity (Wildman–Crippen MR) is 37.2 cm³/mol. The number of hydrogen-bond donors (Lipinski definition) is 0. The van der Waals surface area contributed by atoms with Crippen molar-refractivity contribution in [2.24, 2.45) is 0 Å². The summed E-state index contributed by atoms with van der Waals surface area (Å²) in [5.41, 5.74) is 0. The fourth-order valence-corrected chi connectivity index (χ4v) is 1.11. The van der Waals surface area contributed by atoms with Gasteiger partial charge in [0.25, 0.3) is 0 Å². The highest BCUT2D eigenvalue weighted by atomic mass is 79.9. The van der Waals surface area contributed by atoms with E-state index in [1.54, 1.807) is 0 Å². The molecule has 0 fully saturated rings. The van der Waals surface area contributed by atoms with E-state index in [9.17, 15) is 0 Å². The van der Waals surface area contributed by atoms with Crippen molar-refractivity contribution in [1.29, 1.82) is 0 Å². The normalized spacial score (nSPS) is 10.0. The molecule has 0 saturated heterocycles. The van der Waals surface area contributed by atoms with E-state index >= 15 is 0 Å². The third kappa shape index (κ3) is 3.44. The molecular formula is C3H5Br2Cl. The van der Waals surface area contributed by atoms with Crippen LogP contribution in [0.1, 0.15) is 0 Å². The zero-order chi connectivity index (χ0) is 4.99. The van der Waals surface area contributed by atoms with Crippen LogP contribution in [0.15, 0.2) is 0 Å². The topological polar surface area (TPSA) is 0 Å². The number of hydrogen-bond acceptors (Lipinski definition) is 0. The van der Waals surface area contributed by atoms with E-state index in [1.165, 1.54) is 0 Å². The Kier molecular flexibility index (Phi) is 5.33. The van der Waals surface area contributed by atoms with Crippen molar-refractivity contribution in [3.63, 3.8) is 0 Å². The molecule has 6 heavy (non-hydrogen) atoms. The second-order valence-electron chi connectivity index (χ2n) is 0.906. The van der Waals surface area contributed by atoms with Crippen LogP contribution in [-0.2, 0) is 0 Å². The van der Waals surface area contributed by atoms with Crippen molar-refractivity contribution in [3.8, 4) is 0 Å². The van der Waals surface area contributed by atoms with Gasteiger partial charge >= 0.3 is 0 Å². The Labute approximate surface area is 59.5 Å². The van der Waals surface area contributed by atoms with E-state index in [0.29, 0.717) is 0 Å². The average molecular weight is 236 g/mol. The summed E-state index contributed by atoms with van der Waals surface area (Å²) in [6.07, 6.45) is 0. The standard InChI is InChI=1S/C3H5Br2Cl/c4-1-3(6)2-5/h3H,1-2H2. The summed E-state index contributed by atoms with van der Waals surface area (Å²) in [5, 5.41) is 1.96. The van der Waals surface area contributed by atoms with Crippen LogP contribution in [0.5, 0.6) is 0 Å². The van der Waals surface area contributed by atoms with E-state index < -0.39 is 0 Å². The van der Waals surface area contributed by atoms with Gasteiger partial charge in [-0.2, -0.15) is 0 Å². The lowest BCUT2D eigenvalue weighted by atomic mass is 10.6. The Morgan fingerprint density at radius 3 is 1.67 bits per heavy atom. The summed E-state index contributed by atoms with van der Waals surface area (Å²) in [6, 6.07) is 0. The first-order chi connectivity index (χ1) is 2.81. The van der Waals surface area contributed by atoms with E-state index in [-0.39, 0.29) is 5.38 Å². The SMILES string of the molecule is ClC(CBr)CBr. The van der Waals surface area contributed by atoms with Crippen LogP contribution in [0.3, 0.4) is 0 Å². The molecule has 0 bridgehead atoms. The summed E-state index contributed by atoms with van der Waals surface area (Å²) in [6.45, 7) is 0. The maximum atomic E-state index is 5.56.